The van der Waals surface area contributed by atoms with Gasteiger partial charge in [0, 0.05) is 38.4 Å². The van der Waals surface area contributed by atoms with Crippen LogP contribution in [0, 0.1) is 5.92 Å². The molecule has 0 bridgehead atoms. The fourth-order valence-electron chi connectivity index (χ4n) is 4.24. The molecule has 3 rings (SSSR count). The molecule has 1 aliphatic carbocycles. The van der Waals surface area contributed by atoms with Gasteiger partial charge in [0.15, 0.2) is 0 Å². The Morgan fingerprint density at radius 3 is 2.45 bits per heavy atom. The second-order valence-electron chi connectivity index (χ2n) is 6.95. The van der Waals surface area contributed by atoms with Crippen molar-refractivity contribution in [3.63, 3.8) is 0 Å². The van der Waals surface area contributed by atoms with Crippen molar-refractivity contribution < 1.29 is 0 Å². The van der Waals surface area contributed by atoms with E-state index in [9.17, 15) is 9.59 Å². The van der Waals surface area contributed by atoms with E-state index < -0.39 is 0 Å². The standard InChI is InChI=1S/C17H27N3O2/c1-18-14(11-16(21)19(2)17(18)22)12-20-10-6-9-15(20)13-7-4-3-5-8-13/h11,13,15H,3-10,12H2,1-2H3/t15-/m0/s1. The Hall–Kier alpha value is -1.36. The predicted molar refractivity (Wildman–Crippen MR) is 86.9 cm³/mol. The first-order chi connectivity index (χ1) is 10.6. The van der Waals surface area contributed by atoms with Gasteiger partial charge < -0.3 is 0 Å². The highest BCUT2D eigenvalue weighted by Crippen LogP contribution is 2.34. The summed E-state index contributed by atoms with van der Waals surface area (Å²) in [5.41, 5.74) is 0.415. The minimum atomic E-state index is -0.226. The molecule has 122 valence electrons. The summed E-state index contributed by atoms with van der Waals surface area (Å²) >= 11 is 0. The molecule has 1 aromatic heterocycles. The lowest BCUT2D eigenvalue weighted by molar-refractivity contribution is 0.148. The normalized spacial score (nSPS) is 24.0. The summed E-state index contributed by atoms with van der Waals surface area (Å²) in [5, 5.41) is 0. The van der Waals surface area contributed by atoms with Crippen molar-refractivity contribution in [2.24, 2.45) is 20.0 Å². The largest absolute Gasteiger partial charge is 0.330 e. The second kappa shape index (κ2) is 6.41. The average molecular weight is 305 g/mol. The van der Waals surface area contributed by atoms with Crippen molar-refractivity contribution in [3.05, 3.63) is 32.6 Å². The fraction of sp³-hybridized carbons (Fsp3) is 0.765. The van der Waals surface area contributed by atoms with E-state index in [2.05, 4.69) is 4.90 Å². The van der Waals surface area contributed by atoms with Crippen LogP contribution in [0.2, 0.25) is 0 Å². The van der Waals surface area contributed by atoms with Crippen LogP contribution in [0.3, 0.4) is 0 Å². The summed E-state index contributed by atoms with van der Waals surface area (Å²) in [7, 11) is 3.30. The van der Waals surface area contributed by atoms with Crippen LogP contribution in [-0.4, -0.2) is 26.6 Å². The molecule has 5 nitrogen and oxygen atoms in total. The van der Waals surface area contributed by atoms with Crippen LogP contribution in [0.15, 0.2) is 15.7 Å². The van der Waals surface area contributed by atoms with Crippen molar-refractivity contribution in [3.8, 4) is 0 Å². The molecule has 0 N–H and O–H groups in total. The van der Waals surface area contributed by atoms with Crippen molar-refractivity contribution in [1.82, 2.24) is 14.0 Å². The van der Waals surface area contributed by atoms with Gasteiger partial charge in [-0.05, 0) is 38.1 Å². The molecule has 2 fully saturated rings. The number of hydrogen-bond acceptors (Lipinski definition) is 3. The lowest BCUT2D eigenvalue weighted by atomic mass is 9.83. The Morgan fingerprint density at radius 2 is 1.73 bits per heavy atom. The van der Waals surface area contributed by atoms with Gasteiger partial charge in [-0.25, -0.2) is 4.79 Å². The Morgan fingerprint density at radius 1 is 1.00 bits per heavy atom. The number of nitrogens with zero attached hydrogens (tertiary/aromatic N) is 3. The SMILES string of the molecule is Cn1c(CN2CCC[C@H]2C2CCCCC2)cc(=O)n(C)c1=O. The lowest BCUT2D eigenvalue weighted by Crippen LogP contribution is -2.41. The van der Waals surface area contributed by atoms with Crippen molar-refractivity contribution >= 4 is 0 Å². The van der Waals surface area contributed by atoms with Gasteiger partial charge in [0.05, 0.1) is 0 Å². The molecular weight excluding hydrogens is 278 g/mol. The molecule has 0 spiro atoms. The number of hydrogen-bond donors (Lipinski definition) is 0. The number of aromatic nitrogens is 2. The van der Waals surface area contributed by atoms with Gasteiger partial charge >= 0.3 is 5.69 Å². The van der Waals surface area contributed by atoms with E-state index in [0.29, 0.717) is 6.04 Å². The van der Waals surface area contributed by atoms with Crippen LogP contribution in [0.1, 0.15) is 50.6 Å². The highest BCUT2D eigenvalue weighted by Gasteiger charge is 2.32. The Bertz CT molecular complexity index is 640. The maximum absolute atomic E-state index is 12.1. The lowest BCUT2D eigenvalue weighted by Gasteiger charge is -2.34. The van der Waals surface area contributed by atoms with Gasteiger partial charge in [0.1, 0.15) is 0 Å². The molecule has 5 heteroatoms. The summed E-state index contributed by atoms with van der Waals surface area (Å²) in [6.07, 6.45) is 9.29. The molecular formula is C17H27N3O2. The van der Waals surface area contributed by atoms with Crippen LogP contribution in [0.4, 0.5) is 0 Å². The molecule has 1 aliphatic heterocycles. The number of rotatable bonds is 3. The quantitative estimate of drug-likeness (QED) is 0.853. The van der Waals surface area contributed by atoms with Crippen LogP contribution in [0.5, 0.6) is 0 Å². The maximum Gasteiger partial charge on any atom is 0.330 e. The van der Waals surface area contributed by atoms with Crippen LogP contribution in [-0.2, 0) is 20.6 Å². The maximum atomic E-state index is 12.1. The van der Waals surface area contributed by atoms with E-state index in [0.717, 1.165) is 24.7 Å². The highest BCUT2D eigenvalue weighted by atomic mass is 16.2. The molecule has 2 aliphatic rings. The van der Waals surface area contributed by atoms with Gasteiger partial charge in [-0.1, -0.05) is 19.3 Å². The van der Waals surface area contributed by atoms with Gasteiger partial charge in [-0.3, -0.25) is 18.8 Å². The molecule has 1 aromatic rings. The molecule has 1 saturated carbocycles. The van der Waals surface area contributed by atoms with Crippen LogP contribution in [0.25, 0.3) is 0 Å². The van der Waals surface area contributed by atoms with Crippen LogP contribution < -0.4 is 11.2 Å². The zero-order chi connectivity index (χ0) is 15.7. The number of likely N-dealkylation sites (tertiary alicyclic amines) is 1. The van der Waals surface area contributed by atoms with Gasteiger partial charge in [0.2, 0.25) is 0 Å². The molecule has 0 amide bonds. The third kappa shape index (κ3) is 2.91. The first kappa shape index (κ1) is 15.5. The average Bonchev–Trinajstić information content (AvgIpc) is 2.99. The monoisotopic (exact) mass is 305 g/mol. The topological polar surface area (TPSA) is 47.2 Å². The van der Waals surface area contributed by atoms with E-state index in [1.54, 1.807) is 17.7 Å². The predicted octanol–water partition coefficient (Wildman–Crippen LogP) is 1.63. The first-order valence-corrected chi connectivity index (χ1v) is 8.58. The zero-order valence-electron chi connectivity index (χ0n) is 13.8. The Balaban J connectivity index is 1.80. The van der Waals surface area contributed by atoms with E-state index in [-0.39, 0.29) is 11.2 Å². The Kier molecular flexibility index (Phi) is 4.52. The van der Waals surface area contributed by atoms with Crippen molar-refractivity contribution in [2.45, 2.75) is 57.5 Å². The summed E-state index contributed by atoms with van der Waals surface area (Å²) in [6.45, 7) is 1.81. The molecule has 1 saturated heterocycles. The van der Waals surface area contributed by atoms with Crippen LogP contribution >= 0.6 is 0 Å². The second-order valence-corrected chi connectivity index (χ2v) is 6.95. The van der Waals surface area contributed by atoms with E-state index in [4.69, 9.17) is 0 Å². The van der Waals surface area contributed by atoms with Crippen molar-refractivity contribution in [2.75, 3.05) is 6.54 Å². The van der Waals surface area contributed by atoms with E-state index in [1.807, 2.05) is 0 Å². The summed E-state index contributed by atoms with van der Waals surface area (Å²) in [5.74, 6) is 0.805. The summed E-state index contributed by atoms with van der Waals surface area (Å²) in [4.78, 5) is 26.5. The third-order valence-electron chi connectivity index (χ3n) is 5.60. The highest BCUT2D eigenvalue weighted by molar-refractivity contribution is 5.03. The minimum absolute atomic E-state index is 0.202. The molecule has 1 atom stereocenters. The van der Waals surface area contributed by atoms with Gasteiger partial charge in [0.25, 0.3) is 5.56 Å². The first-order valence-electron chi connectivity index (χ1n) is 8.58. The van der Waals surface area contributed by atoms with Crippen molar-refractivity contribution in [1.29, 1.82) is 0 Å². The minimum Gasteiger partial charge on any atom is -0.299 e. The third-order valence-corrected chi connectivity index (χ3v) is 5.60. The fourth-order valence-corrected chi connectivity index (χ4v) is 4.24. The Labute approximate surface area is 131 Å². The van der Waals surface area contributed by atoms with E-state index in [1.165, 1.54) is 56.6 Å². The summed E-state index contributed by atoms with van der Waals surface area (Å²) < 4.78 is 2.80. The molecule has 22 heavy (non-hydrogen) atoms. The van der Waals surface area contributed by atoms with E-state index >= 15 is 0 Å². The molecule has 0 unspecified atom stereocenters. The van der Waals surface area contributed by atoms with Gasteiger partial charge in [-0.2, -0.15) is 0 Å². The molecule has 0 radical (unpaired) electrons. The zero-order valence-corrected chi connectivity index (χ0v) is 13.8. The van der Waals surface area contributed by atoms with Gasteiger partial charge in [-0.15, -0.1) is 0 Å². The molecule has 2 heterocycles. The summed E-state index contributed by atoms with van der Waals surface area (Å²) in [6, 6.07) is 2.26. The smallest absolute Gasteiger partial charge is 0.299 e. The molecule has 0 aromatic carbocycles.